The Balaban J connectivity index is 2.43. The molecule has 1 aliphatic rings. The van der Waals surface area contributed by atoms with Gasteiger partial charge in [-0.15, -0.1) is 0 Å². The van der Waals surface area contributed by atoms with Gasteiger partial charge in [0.05, 0.1) is 6.61 Å². The average Bonchev–Trinajstić information content (AvgIpc) is 1.98. The molecule has 0 spiro atoms. The second-order valence-corrected chi connectivity index (χ2v) is 4.35. The second kappa shape index (κ2) is 3.49. The molecule has 1 aliphatic heterocycles. The Morgan fingerprint density at radius 2 is 2.00 bits per heavy atom. The van der Waals surface area contributed by atoms with E-state index in [1.54, 1.807) is 12.1 Å². The van der Waals surface area contributed by atoms with Crippen molar-refractivity contribution in [3.8, 4) is 0 Å². The van der Waals surface area contributed by atoms with Gasteiger partial charge in [0.2, 0.25) is 0 Å². The average molecular weight is 281 g/mol. The number of benzene rings is 1. The van der Waals surface area contributed by atoms with E-state index in [4.69, 9.17) is 4.74 Å². The van der Waals surface area contributed by atoms with Gasteiger partial charge in [-0.2, -0.15) is 13.2 Å². The molecule has 0 radical (unpaired) electrons. The summed E-state index contributed by atoms with van der Waals surface area (Å²) in [5.74, 6) is 0. The predicted octanol–water partition coefficient (Wildman–Crippen LogP) is 3.63. The van der Waals surface area contributed by atoms with Crippen molar-refractivity contribution in [3.63, 3.8) is 0 Å². The minimum atomic E-state index is -4.36. The van der Waals surface area contributed by atoms with Gasteiger partial charge < -0.3 is 4.74 Å². The third-order valence-electron chi connectivity index (χ3n) is 2.55. The molecule has 0 saturated carbocycles. The van der Waals surface area contributed by atoms with Crippen LogP contribution in [0.15, 0.2) is 28.7 Å². The van der Waals surface area contributed by atoms with E-state index < -0.39 is 11.8 Å². The van der Waals surface area contributed by atoms with E-state index in [1.165, 1.54) is 12.1 Å². The smallest absolute Gasteiger partial charge is 0.361 e. The zero-order valence-electron chi connectivity index (χ0n) is 7.64. The zero-order valence-corrected chi connectivity index (χ0v) is 9.23. The van der Waals surface area contributed by atoms with Crippen LogP contribution in [-0.4, -0.2) is 12.8 Å². The highest BCUT2D eigenvalue weighted by Crippen LogP contribution is 2.50. The highest BCUT2D eigenvalue weighted by molar-refractivity contribution is 9.10. The van der Waals surface area contributed by atoms with Crippen LogP contribution in [0.2, 0.25) is 0 Å². The van der Waals surface area contributed by atoms with E-state index in [9.17, 15) is 13.2 Å². The van der Waals surface area contributed by atoms with Crippen LogP contribution in [0.5, 0.6) is 0 Å². The summed E-state index contributed by atoms with van der Waals surface area (Å²) in [5.41, 5.74) is -1.92. The highest BCUT2D eigenvalue weighted by Gasteiger charge is 2.61. The number of halogens is 4. The summed E-state index contributed by atoms with van der Waals surface area (Å²) >= 11 is 3.15. The first-order valence-electron chi connectivity index (χ1n) is 4.42. The standard InChI is InChI=1S/C10H8BrF3O/c11-8-3-1-2-7(6-8)9(4-5-15-9)10(12,13)14/h1-3,6H,4-5H2. The number of hydrogen-bond donors (Lipinski definition) is 0. The highest BCUT2D eigenvalue weighted by atomic mass is 79.9. The molecule has 82 valence electrons. The maximum Gasteiger partial charge on any atom is 0.421 e. The Kier molecular flexibility index (Phi) is 2.55. The third kappa shape index (κ3) is 1.67. The van der Waals surface area contributed by atoms with Crippen molar-refractivity contribution in [1.82, 2.24) is 0 Å². The van der Waals surface area contributed by atoms with Gasteiger partial charge in [-0.1, -0.05) is 28.1 Å². The third-order valence-corrected chi connectivity index (χ3v) is 3.04. The largest absolute Gasteiger partial charge is 0.421 e. The fourth-order valence-corrected chi connectivity index (χ4v) is 2.06. The van der Waals surface area contributed by atoms with Crippen molar-refractivity contribution in [2.75, 3.05) is 6.61 Å². The lowest BCUT2D eigenvalue weighted by molar-refractivity contribution is -0.333. The van der Waals surface area contributed by atoms with Crippen LogP contribution in [0, 0.1) is 0 Å². The molecule has 1 aromatic rings. The van der Waals surface area contributed by atoms with Crippen molar-refractivity contribution in [1.29, 1.82) is 0 Å². The van der Waals surface area contributed by atoms with Gasteiger partial charge in [0.15, 0.2) is 5.60 Å². The fourth-order valence-electron chi connectivity index (χ4n) is 1.66. The van der Waals surface area contributed by atoms with Gasteiger partial charge in [-0.05, 0) is 17.7 Å². The maximum absolute atomic E-state index is 12.8. The molecule has 0 aliphatic carbocycles. The summed E-state index contributed by atoms with van der Waals surface area (Å²) in [7, 11) is 0. The Hall–Kier alpha value is -0.550. The van der Waals surface area contributed by atoms with Crippen molar-refractivity contribution in [2.24, 2.45) is 0 Å². The van der Waals surface area contributed by atoms with Gasteiger partial charge in [0, 0.05) is 10.9 Å². The molecule has 1 saturated heterocycles. The van der Waals surface area contributed by atoms with Crippen LogP contribution in [-0.2, 0) is 10.3 Å². The predicted molar refractivity (Wildman–Crippen MR) is 52.4 cm³/mol. The molecule has 15 heavy (non-hydrogen) atoms. The van der Waals surface area contributed by atoms with E-state index in [0.717, 1.165) is 0 Å². The minimum Gasteiger partial charge on any atom is -0.361 e. The van der Waals surface area contributed by atoms with Crippen molar-refractivity contribution in [3.05, 3.63) is 34.3 Å². The lowest BCUT2D eigenvalue weighted by Gasteiger charge is -2.43. The Bertz CT molecular complexity index is 371. The number of ether oxygens (including phenoxy) is 1. The summed E-state index contributed by atoms with van der Waals surface area (Å²) in [5, 5.41) is 0. The van der Waals surface area contributed by atoms with Gasteiger partial charge in [0.1, 0.15) is 0 Å². The zero-order chi connectivity index (χ0) is 11.1. The summed E-state index contributed by atoms with van der Waals surface area (Å²) in [4.78, 5) is 0. The Morgan fingerprint density at radius 1 is 1.33 bits per heavy atom. The van der Waals surface area contributed by atoms with Gasteiger partial charge in [-0.25, -0.2) is 0 Å². The first-order valence-corrected chi connectivity index (χ1v) is 5.22. The lowest BCUT2D eigenvalue weighted by atomic mass is 9.86. The molecule has 1 fully saturated rings. The van der Waals surface area contributed by atoms with E-state index in [1.807, 2.05) is 0 Å². The second-order valence-electron chi connectivity index (χ2n) is 3.43. The van der Waals surface area contributed by atoms with Crippen LogP contribution < -0.4 is 0 Å². The van der Waals surface area contributed by atoms with Crippen LogP contribution >= 0.6 is 15.9 Å². The molecular formula is C10H8BrF3O. The molecule has 1 atom stereocenters. The molecule has 5 heteroatoms. The van der Waals surface area contributed by atoms with Crippen molar-refractivity contribution in [2.45, 2.75) is 18.2 Å². The topological polar surface area (TPSA) is 9.23 Å². The van der Waals surface area contributed by atoms with Crippen molar-refractivity contribution >= 4 is 15.9 Å². The van der Waals surface area contributed by atoms with E-state index in [2.05, 4.69) is 15.9 Å². The van der Waals surface area contributed by atoms with Crippen LogP contribution in [0.4, 0.5) is 13.2 Å². The molecule has 0 N–H and O–H groups in total. The van der Waals surface area contributed by atoms with Gasteiger partial charge in [0.25, 0.3) is 0 Å². The number of hydrogen-bond acceptors (Lipinski definition) is 1. The molecule has 0 bridgehead atoms. The molecule has 2 rings (SSSR count). The van der Waals surface area contributed by atoms with Gasteiger partial charge >= 0.3 is 6.18 Å². The van der Waals surface area contributed by atoms with Crippen LogP contribution in [0.25, 0.3) is 0 Å². The van der Waals surface area contributed by atoms with Crippen molar-refractivity contribution < 1.29 is 17.9 Å². The molecular weight excluding hydrogens is 273 g/mol. The summed E-state index contributed by atoms with van der Waals surface area (Å²) in [6, 6.07) is 6.16. The molecule has 0 aromatic heterocycles. The first-order chi connectivity index (χ1) is 6.96. The van der Waals surface area contributed by atoms with Crippen LogP contribution in [0.3, 0.4) is 0 Å². The summed E-state index contributed by atoms with van der Waals surface area (Å²) in [6.45, 7) is 0.159. The van der Waals surface area contributed by atoms with Gasteiger partial charge in [-0.3, -0.25) is 0 Å². The molecule has 1 heterocycles. The van der Waals surface area contributed by atoms with E-state index in [0.29, 0.717) is 4.47 Å². The number of rotatable bonds is 1. The normalized spacial score (nSPS) is 26.1. The minimum absolute atomic E-state index is 0.00699. The molecule has 0 amide bonds. The summed E-state index contributed by atoms with van der Waals surface area (Å²) in [6.07, 6.45) is -4.36. The first kappa shape index (κ1) is 11.0. The SMILES string of the molecule is FC(F)(F)C1(c2cccc(Br)c2)CCO1. The number of alkyl halides is 3. The van der Waals surface area contributed by atoms with Crippen LogP contribution in [0.1, 0.15) is 12.0 Å². The lowest BCUT2D eigenvalue weighted by Crippen LogP contribution is -2.52. The fraction of sp³-hybridized carbons (Fsp3) is 0.400. The molecule has 1 aromatic carbocycles. The monoisotopic (exact) mass is 280 g/mol. The van der Waals surface area contributed by atoms with E-state index in [-0.39, 0.29) is 18.6 Å². The summed E-state index contributed by atoms with van der Waals surface area (Å²) < 4.78 is 43.9. The van der Waals surface area contributed by atoms with E-state index >= 15 is 0 Å². The maximum atomic E-state index is 12.8. The molecule has 1 unspecified atom stereocenters. The Labute approximate surface area is 93.4 Å². The quantitative estimate of drug-likeness (QED) is 0.763. The molecule has 1 nitrogen and oxygen atoms in total. The Morgan fingerprint density at radius 3 is 2.40 bits per heavy atom.